The highest BCUT2D eigenvalue weighted by atomic mass is 35.5. The Labute approximate surface area is 183 Å². The highest BCUT2D eigenvalue weighted by Gasteiger charge is 2.53. The number of carbonyl (C=O) groups is 1. The third kappa shape index (κ3) is 4.29. The molecule has 0 spiro atoms. The van der Waals surface area contributed by atoms with Crippen LogP contribution in [-0.2, 0) is 16.1 Å². The Morgan fingerprint density at radius 3 is 2.73 bits per heavy atom. The maximum Gasteiger partial charge on any atom is 0.310 e. The summed E-state index contributed by atoms with van der Waals surface area (Å²) < 4.78 is 5.91. The van der Waals surface area contributed by atoms with Crippen molar-refractivity contribution < 1.29 is 14.6 Å². The minimum Gasteiger partial charge on any atom is -0.508 e. The van der Waals surface area contributed by atoms with Gasteiger partial charge in [-0.05, 0) is 49.8 Å². The van der Waals surface area contributed by atoms with Gasteiger partial charge in [0.05, 0.1) is 5.92 Å². The Bertz CT molecular complexity index is 840. The summed E-state index contributed by atoms with van der Waals surface area (Å²) in [6.07, 6.45) is 4.03. The Hall–Kier alpha value is -1.82. The average molecular weight is 431 g/mol. The van der Waals surface area contributed by atoms with Crippen molar-refractivity contribution in [2.45, 2.75) is 38.3 Å². The molecule has 3 N–H and O–H groups in total. The van der Waals surface area contributed by atoms with E-state index in [0.29, 0.717) is 24.0 Å². The molecule has 5 nitrogen and oxygen atoms in total. The van der Waals surface area contributed by atoms with E-state index in [9.17, 15) is 9.90 Å². The quantitative estimate of drug-likeness (QED) is 0.348. The summed E-state index contributed by atoms with van der Waals surface area (Å²) in [5.41, 5.74) is 3.31. The van der Waals surface area contributed by atoms with Crippen molar-refractivity contribution >= 4 is 17.6 Å². The number of halogens is 1. The van der Waals surface area contributed by atoms with Crippen LogP contribution in [0.2, 0.25) is 5.02 Å². The lowest BCUT2D eigenvalue weighted by Crippen LogP contribution is -2.36. The SMILES string of the molecule is C=C1CC[C@H]2C(=C)CC[C@H]3C(CNCCNCc4cc(Cl)ccc4O)C(=O)O[C@@H]3[C@@H]12. The Morgan fingerprint density at radius 1 is 1.13 bits per heavy atom. The van der Waals surface area contributed by atoms with Crippen LogP contribution in [0.3, 0.4) is 0 Å². The first kappa shape index (κ1) is 21.4. The van der Waals surface area contributed by atoms with Gasteiger partial charge in [0.2, 0.25) is 0 Å². The molecule has 0 radical (unpaired) electrons. The molecule has 1 aromatic rings. The van der Waals surface area contributed by atoms with Crippen LogP contribution in [-0.4, -0.2) is 36.8 Å². The minimum absolute atomic E-state index is 0.0347. The van der Waals surface area contributed by atoms with Gasteiger partial charge < -0.3 is 20.5 Å². The molecule has 30 heavy (non-hydrogen) atoms. The summed E-state index contributed by atoms with van der Waals surface area (Å²) in [5.74, 6) is 0.988. The maximum atomic E-state index is 12.6. The van der Waals surface area contributed by atoms with Crippen LogP contribution in [0.5, 0.6) is 5.75 Å². The molecule has 3 fully saturated rings. The summed E-state index contributed by atoms with van der Waals surface area (Å²) in [7, 11) is 0. The van der Waals surface area contributed by atoms with E-state index in [1.165, 1.54) is 11.1 Å². The number of nitrogens with one attached hydrogen (secondary N) is 2. The lowest BCUT2D eigenvalue weighted by atomic mass is 9.79. The summed E-state index contributed by atoms with van der Waals surface area (Å²) >= 11 is 5.98. The number of allylic oxidation sites excluding steroid dienone is 1. The molecule has 4 rings (SSSR count). The van der Waals surface area contributed by atoms with Crippen LogP contribution >= 0.6 is 11.6 Å². The fraction of sp³-hybridized carbons (Fsp3) is 0.542. The number of carbonyl (C=O) groups excluding carboxylic acids is 1. The van der Waals surface area contributed by atoms with Crippen molar-refractivity contribution in [1.29, 1.82) is 0 Å². The molecule has 0 bridgehead atoms. The normalized spacial score (nSPS) is 30.7. The summed E-state index contributed by atoms with van der Waals surface area (Å²) in [5, 5.41) is 17.2. The van der Waals surface area contributed by atoms with E-state index in [4.69, 9.17) is 16.3 Å². The van der Waals surface area contributed by atoms with Gasteiger partial charge in [0.15, 0.2) is 0 Å². The number of fused-ring (bicyclic) bond motifs is 3. The van der Waals surface area contributed by atoms with E-state index >= 15 is 0 Å². The highest BCUT2D eigenvalue weighted by Crippen LogP contribution is 2.52. The Balaban J connectivity index is 1.27. The zero-order valence-electron chi connectivity index (χ0n) is 17.3. The molecule has 162 valence electrons. The van der Waals surface area contributed by atoms with Gasteiger partial charge in [0.25, 0.3) is 0 Å². The van der Waals surface area contributed by atoms with E-state index in [1.54, 1.807) is 18.2 Å². The number of hydrogen-bond donors (Lipinski definition) is 3. The number of benzene rings is 1. The molecule has 0 amide bonds. The fourth-order valence-corrected chi connectivity index (χ4v) is 5.63. The van der Waals surface area contributed by atoms with Gasteiger partial charge in [-0.15, -0.1) is 0 Å². The second-order valence-electron chi connectivity index (χ2n) is 8.85. The van der Waals surface area contributed by atoms with E-state index < -0.39 is 0 Å². The maximum absolute atomic E-state index is 12.6. The number of phenols is 1. The number of esters is 1. The molecule has 6 heteroatoms. The average Bonchev–Trinajstić information content (AvgIpc) is 3.20. The monoisotopic (exact) mass is 430 g/mol. The zero-order valence-corrected chi connectivity index (χ0v) is 18.1. The summed E-state index contributed by atoms with van der Waals surface area (Å²) in [4.78, 5) is 12.6. The smallest absolute Gasteiger partial charge is 0.310 e. The van der Waals surface area contributed by atoms with Crippen LogP contribution in [0, 0.1) is 23.7 Å². The second kappa shape index (κ2) is 9.13. The molecular formula is C24H31ClN2O3. The lowest BCUT2D eigenvalue weighted by molar-refractivity contribution is -0.145. The van der Waals surface area contributed by atoms with Crippen LogP contribution in [0.15, 0.2) is 42.5 Å². The van der Waals surface area contributed by atoms with Crippen molar-refractivity contribution in [3.05, 3.63) is 53.1 Å². The van der Waals surface area contributed by atoms with E-state index in [2.05, 4.69) is 23.8 Å². The predicted octanol–water partition coefficient (Wildman–Crippen LogP) is 3.82. The molecule has 2 saturated carbocycles. The van der Waals surface area contributed by atoms with Crippen molar-refractivity contribution in [1.82, 2.24) is 10.6 Å². The van der Waals surface area contributed by atoms with Crippen molar-refractivity contribution in [2.24, 2.45) is 23.7 Å². The Kier molecular flexibility index (Phi) is 6.51. The fourth-order valence-electron chi connectivity index (χ4n) is 5.43. The second-order valence-corrected chi connectivity index (χ2v) is 9.29. The molecule has 1 saturated heterocycles. The van der Waals surface area contributed by atoms with Crippen LogP contribution < -0.4 is 10.6 Å². The number of ether oxygens (including phenoxy) is 1. The van der Waals surface area contributed by atoms with Gasteiger partial charge in [-0.3, -0.25) is 4.79 Å². The predicted molar refractivity (Wildman–Crippen MR) is 118 cm³/mol. The van der Waals surface area contributed by atoms with Crippen LogP contribution in [0.4, 0.5) is 0 Å². The standard InChI is InChI=1S/C24H31ClN2O3/c1-14-3-7-19-20(24(29)30-23(19)22-15(2)4-6-18(14)22)13-27-10-9-26-12-16-11-17(25)5-8-21(16)28/h5,8,11,18-20,22-23,26-28H,1-4,6-7,9-10,12-13H2/t18-,19-,20?,22-,23-/m0/s1. The molecule has 1 unspecified atom stereocenters. The van der Waals surface area contributed by atoms with Gasteiger partial charge >= 0.3 is 5.97 Å². The molecule has 1 aromatic carbocycles. The molecule has 1 aliphatic heterocycles. The topological polar surface area (TPSA) is 70.6 Å². The summed E-state index contributed by atoms with van der Waals surface area (Å²) in [6.45, 7) is 11.2. The van der Waals surface area contributed by atoms with Gasteiger partial charge in [0.1, 0.15) is 11.9 Å². The largest absolute Gasteiger partial charge is 0.508 e. The van der Waals surface area contributed by atoms with Crippen LogP contribution in [0.1, 0.15) is 31.2 Å². The molecular weight excluding hydrogens is 400 g/mol. The summed E-state index contributed by atoms with van der Waals surface area (Å²) in [6, 6.07) is 5.03. The molecule has 5 atom stereocenters. The third-order valence-corrected chi connectivity index (χ3v) is 7.29. The first-order chi connectivity index (χ1) is 14.5. The van der Waals surface area contributed by atoms with Gasteiger partial charge in [-0.25, -0.2) is 0 Å². The molecule has 0 aromatic heterocycles. The van der Waals surface area contributed by atoms with Crippen molar-refractivity contribution in [3.8, 4) is 5.75 Å². The van der Waals surface area contributed by atoms with Gasteiger partial charge in [0, 0.05) is 48.6 Å². The molecule has 2 aliphatic carbocycles. The number of hydrogen-bond acceptors (Lipinski definition) is 5. The van der Waals surface area contributed by atoms with E-state index in [1.807, 2.05) is 0 Å². The van der Waals surface area contributed by atoms with Crippen molar-refractivity contribution in [3.63, 3.8) is 0 Å². The van der Waals surface area contributed by atoms with Crippen molar-refractivity contribution in [2.75, 3.05) is 19.6 Å². The number of rotatable bonds is 7. The minimum atomic E-state index is -0.105. The molecule has 3 aliphatic rings. The Morgan fingerprint density at radius 2 is 1.90 bits per heavy atom. The van der Waals surface area contributed by atoms with Gasteiger partial charge in [-0.2, -0.15) is 0 Å². The molecule has 1 heterocycles. The first-order valence-corrected chi connectivity index (χ1v) is 11.3. The van der Waals surface area contributed by atoms with Gasteiger partial charge in [-0.1, -0.05) is 35.9 Å². The van der Waals surface area contributed by atoms with E-state index in [0.717, 1.165) is 44.3 Å². The first-order valence-electron chi connectivity index (χ1n) is 10.9. The number of aromatic hydroxyl groups is 1. The van der Waals surface area contributed by atoms with Crippen LogP contribution in [0.25, 0.3) is 0 Å². The highest BCUT2D eigenvalue weighted by molar-refractivity contribution is 6.30. The zero-order chi connectivity index (χ0) is 21.3. The number of phenolic OH excluding ortho intramolecular Hbond substituents is 1. The third-order valence-electron chi connectivity index (χ3n) is 7.05. The lowest BCUT2D eigenvalue weighted by Gasteiger charge is -2.27. The van der Waals surface area contributed by atoms with E-state index in [-0.39, 0.29) is 35.6 Å².